The molecule has 1 N–H and O–H groups in total. The van der Waals surface area contributed by atoms with Gasteiger partial charge in [0.25, 0.3) is 0 Å². The molecule has 1 heterocycles. The van der Waals surface area contributed by atoms with Crippen LogP contribution in [-0.2, 0) is 11.3 Å². The van der Waals surface area contributed by atoms with Crippen LogP contribution in [0.25, 0.3) is 0 Å². The molecule has 0 saturated heterocycles. The Morgan fingerprint density at radius 1 is 1.19 bits per heavy atom. The Bertz CT molecular complexity index is 930. The van der Waals surface area contributed by atoms with Gasteiger partial charge in [0.2, 0.25) is 5.91 Å². The van der Waals surface area contributed by atoms with Crippen LogP contribution in [0.3, 0.4) is 0 Å². The van der Waals surface area contributed by atoms with Crippen molar-refractivity contribution in [2.45, 2.75) is 26.4 Å². The van der Waals surface area contributed by atoms with Gasteiger partial charge in [0, 0.05) is 24.9 Å². The number of halogens is 2. The molecule has 0 unspecified atom stereocenters. The highest BCUT2D eigenvalue weighted by molar-refractivity contribution is 7.14. The van der Waals surface area contributed by atoms with Crippen LogP contribution in [0, 0.1) is 11.6 Å². The van der Waals surface area contributed by atoms with E-state index in [-0.39, 0.29) is 11.9 Å². The quantitative estimate of drug-likeness (QED) is 0.650. The van der Waals surface area contributed by atoms with Gasteiger partial charge in [-0.15, -0.1) is 11.3 Å². The van der Waals surface area contributed by atoms with Gasteiger partial charge in [-0.1, -0.05) is 24.3 Å². The zero-order valence-corrected chi connectivity index (χ0v) is 15.8. The van der Waals surface area contributed by atoms with Crippen molar-refractivity contribution in [3.63, 3.8) is 0 Å². The topological polar surface area (TPSA) is 45.2 Å². The average molecular weight is 387 g/mol. The molecule has 3 rings (SSSR count). The Balaban J connectivity index is 1.70. The lowest BCUT2D eigenvalue weighted by molar-refractivity contribution is -0.115. The van der Waals surface area contributed by atoms with Crippen LogP contribution in [0.5, 0.6) is 0 Å². The summed E-state index contributed by atoms with van der Waals surface area (Å²) in [7, 11) is 0. The molecule has 140 valence electrons. The number of thiazole rings is 1. The number of nitrogens with zero attached hydrogens (tertiary/aromatic N) is 2. The van der Waals surface area contributed by atoms with Crippen LogP contribution in [0.15, 0.2) is 53.9 Å². The van der Waals surface area contributed by atoms with Crippen molar-refractivity contribution in [2.24, 2.45) is 0 Å². The molecule has 0 spiro atoms. The van der Waals surface area contributed by atoms with Crippen LogP contribution < -0.4 is 10.2 Å². The Labute approximate surface area is 160 Å². The first-order chi connectivity index (χ1) is 13.0. The van der Waals surface area contributed by atoms with Crippen LogP contribution in [0.4, 0.5) is 19.6 Å². The molecule has 7 heteroatoms. The molecule has 0 radical (unpaired) electrons. The Morgan fingerprint density at radius 2 is 1.93 bits per heavy atom. The first-order valence-corrected chi connectivity index (χ1v) is 9.32. The highest BCUT2D eigenvalue weighted by Crippen LogP contribution is 2.29. The first kappa shape index (κ1) is 19.1. The fraction of sp³-hybridized carbons (Fsp3) is 0.200. The summed E-state index contributed by atoms with van der Waals surface area (Å²) in [5, 5.41) is 5.70. The smallest absolute Gasteiger partial charge is 0.230 e. The maximum Gasteiger partial charge on any atom is 0.230 e. The van der Waals surface area contributed by atoms with Gasteiger partial charge in [0.1, 0.15) is 0 Å². The molecule has 0 aliphatic heterocycles. The van der Waals surface area contributed by atoms with Crippen molar-refractivity contribution in [2.75, 3.05) is 4.90 Å². The zero-order valence-electron chi connectivity index (χ0n) is 14.9. The lowest BCUT2D eigenvalue weighted by Crippen LogP contribution is -2.23. The van der Waals surface area contributed by atoms with E-state index in [1.807, 2.05) is 42.6 Å². The third kappa shape index (κ3) is 4.56. The van der Waals surface area contributed by atoms with Gasteiger partial charge < -0.3 is 5.32 Å². The maximum absolute atomic E-state index is 13.4. The number of nitrogens with one attached hydrogen (secondary N) is 1. The summed E-state index contributed by atoms with van der Waals surface area (Å²) in [6.45, 7) is 3.81. The van der Waals surface area contributed by atoms with E-state index < -0.39 is 11.6 Å². The number of benzene rings is 2. The van der Waals surface area contributed by atoms with Gasteiger partial charge in [0.05, 0.1) is 11.4 Å². The summed E-state index contributed by atoms with van der Waals surface area (Å²) < 4.78 is 26.4. The highest BCUT2D eigenvalue weighted by Gasteiger charge is 2.18. The van der Waals surface area contributed by atoms with Crippen LogP contribution >= 0.6 is 11.3 Å². The number of anilines is 2. The van der Waals surface area contributed by atoms with E-state index in [1.165, 1.54) is 24.3 Å². The summed E-state index contributed by atoms with van der Waals surface area (Å²) in [5.74, 6) is -1.84. The molecule has 1 aromatic heterocycles. The Morgan fingerprint density at radius 3 is 2.59 bits per heavy atom. The number of rotatable bonds is 6. The highest BCUT2D eigenvalue weighted by atomic mass is 32.1. The second kappa shape index (κ2) is 8.37. The first-order valence-electron chi connectivity index (χ1n) is 8.44. The molecule has 0 aliphatic carbocycles. The average Bonchev–Trinajstić information content (AvgIpc) is 3.11. The maximum atomic E-state index is 13.4. The minimum Gasteiger partial charge on any atom is -0.305 e. The van der Waals surface area contributed by atoms with Crippen molar-refractivity contribution >= 4 is 28.1 Å². The van der Waals surface area contributed by atoms with E-state index in [4.69, 9.17) is 0 Å². The second-order valence-corrected chi connectivity index (χ2v) is 6.92. The van der Waals surface area contributed by atoms with Crippen molar-refractivity contribution in [3.05, 3.63) is 76.8 Å². The van der Waals surface area contributed by atoms with Crippen molar-refractivity contribution in [1.82, 2.24) is 10.3 Å². The molecule has 2 aromatic carbocycles. The predicted molar refractivity (Wildman–Crippen MR) is 103 cm³/mol. The normalized spacial score (nSPS) is 12.0. The van der Waals surface area contributed by atoms with E-state index in [2.05, 4.69) is 10.3 Å². The molecule has 0 aliphatic rings. The second-order valence-electron chi connectivity index (χ2n) is 6.09. The van der Waals surface area contributed by atoms with E-state index in [9.17, 15) is 13.6 Å². The number of carbonyl (C=O) groups is 1. The summed E-state index contributed by atoms with van der Waals surface area (Å²) in [5.41, 5.74) is 2.18. The minimum atomic E-state index is -0.864. The number of para-hydroxylation sites is 1. The Kier molecular flexibility index (Phi) is 5.93. The number of amides is 1. The molecule has 27 heavy (non-hydrogen) atoms. The molecule has 1 atom stereocenters. The number of hydrogen-bond acceptors (Lipinski definition) is 4. The van der Waals surface area contributed by atoms with Gasteiger partial charge >= 0.3 is 0 Å². The molecule has 1 amide bonds. The van der Waals surface area contributed by atoms with Gasteiger partial charge in [-0.3, -0.25) is 9.69 Å². The zero-order chi connectivity index (χ0) is 19.4. The predicted octanol–water partition coefficient (Wildman–Crippen LogP) is 4.96. The number of aromatic nitrogens is 1. The largest absolute Gasteiger partial charge is 0.305 e. The standard InChI is InChI=1S/C20H19F2N3OS/c1-13(15-8-9-18(21)19(22)10-15)23-11-16-12-27-20(24-16)25(14(2)26)17-6-4-3-5-7-17/h3-10,12-13,23H,11H2,1-2H3/t13-/m1/s1. The fourth-order valence-electron chi connectivity index (χ4n) is 2.64. The van der Waals surface area contributed by atoms with E-state index in [0.717, 1.165) is 17.4 Å². The lowest BCUT2D eigenvalue weighted by Gasteiger charge is -2.17. The summed E-state index contributed by atoms with van der Waals surface area (Å²) in [6.07, 6.45) is 0. The summed E-state index contributed by atoms with van der Waals surface area (Å²) in [6, 6.07) is 13.0. The molecule has 0 bridgehead atoms. The van der Waals surface area contributed by atoms with Gasteiger partial charge in [0.15, 0.2) is 16.8 Å². The molecule has 0 fully saturated rings. The van der Waals surface area contributed by atoms with Gasteiger partial charge in [-0.25, -0.2) is 13.8 Å². The van der Waals surface area contributed by atoms with Crippen LogP contribution in [0.1, 0.15) is 31.1 Å². The van der Waals surface area contributed by atoms with Crippen molar-refractivity contribution < 1.29 is 13.6 Å². The lowest BCUT2D eigenvalue weighted by atomic mass is 10.1. The Hall–Kier alpha value is -2.64. The van der Waals surface area contributed by atoms with Crippen LogP contribution in [-0.4, -0.2) is 10.9 Å². The number of carbonyl (C=O) groups excluding carboxylic acids is 1. The minimum absolute atomic E-state index is 0.120. The fourth-order valence-corrected chi connectivity index (χ4v) is 3.53. The monoisotopic (exact) mass is 387 g/mol. The van der Waals surface area contributed by atoms with E-state index >= 15 is 0 Å². The molecule has 4 nitrogen and oxygen atoms in total. The van der Waals surface area contributed by atoms with E-state index in [0.29, 0.717) is 17.2 Å². The number of hydrogen-bond donors (Lipinski definition) is 1. The van der Waals surface area contributed by atoms with Crippen molar-refractivity contribution in [3.8, 4) is 0 Å². The van der Waals surface area contributed by atoms with Crippen LogP contribution in [0.2, 0.25) is 0 Å². The summed E-state index contributed by atoms with van der Waals surface area (Å²) >= 11 is 1.38. The van der Waals surface area contributed by atoms with E-state index in [1.54, 1.807) is 11.0 Å². The van der Waals surface area contributed by atoms with Gasteiger partial charge in [-0.05, 0) is 36.8 Å². The molecular weight excluding hydrogens is 368 g/mol. The third-order valence-electron chi connectivity index (χ3n) is 4.09. The molecule has 3 aromatic rings. The van der Waals surface area contributed by atoms with Gasteiger partial charge in [-0.2, -0.15) is 0 Å². The molecule has 0 saturated carbocycles. The molecular formula is C20H19F2N3OS. The van der Waals surface area contributed by atoms with Crippen molar-refractivity contribution in [1.29, 1.82) is 0 Å². The SMILES string of the molecule is CC(=O)N(c1ccccc1)c1nc(CN[C@H](C)c2ccc(F)c(F)c2)cs1. The third-order valence-corrected chi connectivity index (χ3v) is 4.97. The summed E-state index contributed by atoms with van der Waals surface area (Å²) in [4.78, 5) is 18.2.